The van der Waals surface area contributed by atoms with E-state index in [0.717, 1.165) is 90.9 Å². The molecule has 1 rings (SSSR count). The molecule has 1 heterocycles. The Hall–Kier alpha value is -2.28. The van der Waals surface area contributed by atoms with Gasteiger partial charge >= 0.3 is 23.9 Å². The highest BCUT2D eigenvalue weighted by atomic mass is 16.5. The van der Waals surface area contributed by atoms with Gasteiger partial charge in [0.1, 0.15) is 0 Å². The molecule has 0 amide bonds. The minimum absolute atomic E-state index is 0.160. The van der Waals surface area contributed by atoms with Crippen LogP contribution in [0, 0.1) is 0 Å². The average molecular weight is 937 g/mol. The Morgan fingerprint density at radius 2 is 0.591 bits per heavy atom. The number of nitrogens with zero attached hydrogens (tertiary/aromatic N) is 4. The zero-order chi connectivity index (χ0) is 48.0. The third-order valence-corrected chi connectivity index (χ3v) is 13.2. The smallest absolute Gasteiger partial charge is 0.307 e. The van der Waals surface area contributed by atoms with E-state index in [1.54, 1.807) is 0 Å². The summed E-state index contributed by atoms with van der Waals surface area (Å²) < 4.78 is 21.7. The average Bonchev–Trinajstić information content (AvgIpc) is 3.32. The second kappa shape index (κ2) is 46.4. The number of unbranched alkanes of at least 4 members (excludes halogenated alkanes) is 24. The zero-order valence-corrected chi connectivity index (χ0v) is 43.6. The first-order chi connectivity index (χ1) is 32.3. The van der Waals surface area contributed by atoms with Gasteiger partial charge in [0.2, 0.25) is 0 Å². The maximum absolute atomic E-state index is 12.8. The molecule has 0 radical (unpaired) electrons. The Morgan fingerprint density at radius 1 is 0.348 bits per heavy atom. The van der Waals surface area contributed by atoms with Gasteiger partial charge in [-0.15, -0.1) is 0 Å². The van der Waals surface area contributed by atoms with E-state index in [9.17, 15) is 19.2 Å². The van der Waals surface area contributed by atoms with Gasteiger partial charge in [0.05, 0.1) is 52.6 Å². The van der Waals surface area contributed by atoms with Gasteiger partial charge in [-0.3, -0.25) is 29.0 Å². The van der Waals surface area contributed by atoms with Crippen LogP contribution < -0.4 is 0 Å². The maximum Gasteiger partial charge on any atom is 0.307 e. The third-order valence-electron chi connectivity index (χ3n) is 13.2. The van der Waals surface area contributed by atoms with Crippen molar-refractivity contribution in [3.63, 3.8) is 0 Å². The predicted molar refractivity (Wildman–Crippen MR) is 271 cm³/mol. The molecule has 1 aliphatic heterocycles. The normalized spacial score (nSPS) is 13.4. The summed E-state index contributed by atoms with van der Waals surface area (Å²) in [5.41, 5.74) is 0. The Balaban J connectivity index is 2.50. The monoisotopic (exact) mass is 937 g/mol. The predicted octanol–water partition coefficient (Wildman–Crippen LogP) is 11.2. The lowest BCUT2D eigenvalue weighted by molar-refractivity contribution is -0.145. The van der Waals surface area contributed by atoms with Crippen molar-refractivity contribution in [1.29, 1.82) is 0 Å². The van der Waals surface area contributed by atoms with Crippen LogP contribution in [-0.4, -0.2) is 149 Å². The van der Waals surface area contributed by atoms with E-state index in [1.165, 1.54) is 142 Å². The van der Waals surface area contributed by atoms with E-state index in [-0.39, 0.29) is 23.9 Å². The molecular weight excluding hydrogens is 833 g/mol. The first kappa shape index (κ1) is 61.7. The van der Waals surface area contributed by atoms with Gasteiger partial charge in [-0.25, -0.2) is 0 Å². The van der Waals surface area contributed by atoms with Crippen molar-refractivity contribution in [2.24, 2.45) is 0 Å². The summed E-state index contributed by atoms with van der Waals surface area (Å²) in [6.45, 7) is 17.4. The highest BCUT2D eigenvalue weighted by Crippen LogP contribution is 2.13. The van der Waals surface area contributed by atoms with E-state index < -0.39 is 0 Å². The van der Waals surface area contributed by atoms with Gasteiger partial charge in [-0.1, -0.05) is 175 Å². The standard InChI is InChI=1S/C54H104N4O8/c1-5-8-11-14-17-20-23-26-29-48-64-52(60)33-37-55(36-32-51(59)63-4)40-42-57-44-46-58(47-45-57)43-41-56(38-34-53(61)65-49-30-27-24-21-18-15-12-9-6-2)39-35-54(62)66-50-31-28-25-22-19-16-13-10-7-3/h5-50H2,1-4H3. The molecule has 0 N–H and O–H groups in total. The highest BCUT2D eigenvalue weighted by molar-refractivity contribution is 5.70. The summed E-state index contributed by atoms with van der Waals surface area (Å²) in [5, 5.41) is 0. The van der Waals surface area contributed by atoms with Crippen molar-refractivity contribution < 1.29 is 38.1 Å². The topological polar surface area (TPSA) is 118 Å². The van der Waals surface area contributed by atoms with Crippen LogP contribution in [0.4, 0.5) is 0 Å². The third kappa shape index (κ3) is 39.7. The summed E-state index contributed by atoms with van der Waals surface area (Å²) in [6, 6.07) is 0. The number of hydrogen-bond donors (Lipinski definition) is 0. The fourth-order valence-corrected chi connectivity index (χ4v) is 8.59. The van der Waals surface area contributed by atoms with E-state index >= 15 is 0 Å². The lowest BCUT2D eigenvalue weighted by Crippen LogP contribution is -2.50. The molecule has 0 atom stereocenters. The first-order valence-corrected chi connectivity index (χ1v) is 27.7. The number of ether oxygens (including phenoxy) is 4. The number of carbonyl (C=O) groups excluding carboxylic acids is 4. The molecule has 66 heavy (non-hydrogen) atoms. The van der Waals surface area contributed by atoms with E-state index in [2.05, 4.69) is 40.4 Å². The summed E-state index contributed by atoms with van der Waals surface area (Å²) in [5.74, 6) is -0.731. The van der Waals surface area contributed by atoms with Gasteiger partial charge in [0.25, 0.3) is 0 Å². The molecule has 0 aliphatic carbocycles. The van der Waals surface area contributed by atoms with E-state index in [4.69, 9.17) is 18.9 Å². The summed E-state index contributed by atoms with van der Waals surface area (Å²) in [6.07, 6.45) is 34.4. The summed E-state index contributed by atoms with van der Waals surface area (Å²) >= 11 is 0. The molecule has 1 aliphatic rings. The van der Waals surface area contributed by atoms with Crippen molar-refractivity contribution >= 4 is 23.9 Å². The minimum atomic E-state index is -0.243. The van der Waals surface area contributed by atoms with Crippen molar-refractivity contribution in [1.82, 2.24) is 19.6 Å². The molecule has 0 aromatic rings. The molecule has 388 valence electrons. The summed E-state index contributed by atoms with van der Waals surface area (Å²) in [7, 11) is 1.41. The number of hydrogen-bond acceptors (Lipinski definition) is 12. The number of carbonyl (C=O) groups is 4. The number of rotatable bonds is 48. The second-order valence-corrected chi connectivity index (χ2v) is 19.1. The van der Waals surface area contributed by atoms with Gasteiger partial charge in [-0.05, 0) is 19.3 Å². The maximum atomic E-state index is 12.8. The van der Waals surface area contributed by atoms with Crippen LogP contribution in [0.1, 0.15) is 220 Å². The largest absolute Gasteiger partial charge is 0.469 e. The molecule has 1 saturated heterocycles. The molecular formula is C54H104N4O8. The van der Waals surface area contributed by atoms with Crippen LogP contribution in [0.15, 0.2) is 0 Å². The number of piperazine rings is 1. The molecule has 12 nitrogen and oxygen atoms in total. The van der Waals surface area contributed by atoms with Crippen LogP contribution >= 0.6 is 0 Å². The molecule has 0 aromatic carbocycles. The van der Waals surface area contributed by atoms with Crippen molar-refractivity contribution in [2.75, 3.05) is 105 Å². The summed E-state index contributed by atoms with van der Waals surface area (Å²) in [4.78, 5) is 59.4. The Bertz CT molecular complexity index is 1100. The quantitative estimate of drug-likeness (QED) is 0.0328. The van der Waals surface area contributed by atoms with Crippen LogP contribution in [0.5, 0.6) is 0 Å². The Kier molecular flexibility index (Phi) is 43.4. The fraction of sp³-hybridized carbons (Fsp3) is 0.926. The van der Waals surface area contributed by atoms with Gasteiger partial charge < -0.3 is 28.7 Å². The number of esters is 4. The number of methoxy groups -OCH3 is 1. The van der Waals surface area contributed by atoms with E-state index in [1.807, 2.05) is 0 Å². The molecule has 1 fully saturated rings. The van der Waals surface area contributed by atoms with Crippen molar-refractivity contribution in [2.45, 2.75) is 220 Å². The van der Waals surface area contributed by atoms with Crippen molar-refractivity contribution in [3.8, 4) is 0 Å². The molecule has 12 heteroatoms. The Labute approximate surface area is 405 Å². The van der Waals surface area contributed by atoms with Gasteiger partial charge in [0.15, 0.2) is 0 Å². The Morgan fingerprint density at radius 3 is 0.848 bits per heavy atom. The lowest BCUT2D eigenvalue weighted by atomic mass is 10.1. The highest BCUT2D eigenvalue weighted by Gasteiger charge is 2.20. The van der Waals surface area contributed by atoms with Crippen LogP contribution in [-0.2, 0) is 38.1 Å². The van der Waals surface area contributed by atoms with Gasteiger partial charge in [-0.2, -0.15) is 0 Å². The minimum Gasteiger partial charge on any atom is -0.469 e. The van der Waals surface area contributed by atoms with E-state index in [0.29, 0.717) is 71.7 Å². The zero-order valence-electron chi connectivity index (χ0n) is 43.6. The molecule has 0 bridgehead atoms. The van der Waals surface area contributed by atoms with Crippen LogP contribution in [0.3, 0.4) is 0 Å². The molecule has 0 aromatic heterocycles. The molecule has 0 saturated carbocycles. The molecule has 0 spiro atoms. The molecule has 0 unspecified atom stereocenters. The SMILES string of the molecule is CCCCCCCCCCCOC(=O)CCN(CCC(=O)OC)CCN1CCN(CCN(CCC(=O)OCCCCCCCCCCC)CCC(=O)OCCCCCCCCCCC)CC1. The fourth-order valence-electron chi connectivity index (χ4n) is 8.59. The second-order valence-electron chi connectivity index (χ2n) is 19.1. The van der Waals surface area contributed by atoms with Crippen LogP contribution in [0.25, 0.3) is 0 Å². The van der Waals surface area contributed by atoms with Crippen LogP contribution in [0.2, 0.25) is 0 Å². The van der Waals surface area contributed by atoms with Crippen molar-refractivity contribution in [3.05, 3.63) is 0 Å². The lowest BCUT2D eigenvalue weighted by Gasteiger charge is -2.36. The van der Waals surface area contributed by atoms with Gasteiger partial charge in [0, 0.05) is 78.5 Å². The first-order valence-electron chi connectivity index (χ1n) is 27.7.